The molecule has 0 atom stereocenters. The third-order valence-corrected chi connectivity index (χ3v) is 5.01. The smallest absolute Gasteiger partial charge is 0.338 e. The fourth-order valence-corrected chi connectivity index (χ4v) is 3.53. The van der Waals surface area contributed by atoms with Crippen LogP contribution in [-0.4, -0.2) is 30.4 Å². The second-order valence-corrected chi connectivity index (χ2v) is 6.45. The van der Waals surface area contributed by atoms with E-state index in [4.69, 9.17) is 0 Å². The lowest BCUT2D eigenvalue weighted by Crippen LogP contribution is -2.13. The van der Waals surface area contributed by atoms with Gasteiger partial charge in [0.1, 0.15) is 0 Å². The Morgan fingerprint density at radius 3 is 2.76 bits per heavy atom. The molecule has 5 rings (SSSR count). The molecule has 1 N–H and O–H groups in total. The highest BCUT2D eigenvalue weighted by atomic mass is 16.4. The van der Waals surface area contributed by atoms with Crippen LogP contribution >= 0.6 is 0 Å². The van der Waals surface area contributed by atoms with Gasteiger partial charge in [-0.15, -0.1) is 0 Å². The lowest BCUT2D eigenvalue weighted by atomic mass is 9.91. The summed E-state index contributed by atoms with van der Waals surface area (Å²) in [5.41, 5.74) is 3.18. The van der Waals surface area contributed by atoms with Gasteiger partial charge in [0, 0.05) is 29.4 Å². The van der Waals surface area contributed by atoms with Crippen LogP contribution in [0.1, 0.15) is 34.5 Å². The van der Waals surface area contributed by atoms with Crippen molar-refractivity contribution < 1.29 is 9.90 Å². The van der Waals surface area contributed by atoms with Crippen LogP contribution in [0, 0.1) is 0 Å². The first-order valence-electron chi connectivity index (χ1n) is 8.10. The summed E-state index contributed by atoms with van der Waals surface area (Å²) >= 11 is 0. The third kappa shape index (κ3) is 2.04. The fourth-order valence-electron chi connectivity index (χ4n) is 3.53. The van der Waals surface area contributed by atoms with Crippen molar-refractivity contribution in [3.8, 4) is 0 Å². The van der Waals surface area contributed by atoms with E-state index >= 15 is 0 Å². The maximum absolute atomic E-state index is 11.3. The number of carboxylic acids is 1. The summed E-state index contributed by atoms with van der Waals surface area (Å²) in [4.78, 5) is 24.2. The maximum atomic E-state index is 11.3. The van der Waals surface area contributed by atoms with Gasteiger partial charge in [0.05, 0.1) is 23.0 Å². The van der Waals surface area contributed by atoms with Gasteiger partial charge in [-0.1, -0.05) is 12.1 Å². The van der Waals surface area contributed by atoms with Crippen LogP contribution in [0.5, 0.6) is 0 Å². The normalized spacial score (nSPS) is 15.5. The number of rotatable bonds is 3. The summed E-state index contributed by atoms with van der Waals surface area (Å²) in [5, 5.41) is 10.3. The molecule has 0 unspecified atom stereocenters. The minimum atomic E-state index is -0.990. The number of fused-ring (bicyclic) bond motifs is 2. The van der Waals surface area contributed by atoms with Crippen molar-refractivity contribution in [2.45, 2.75) is 18.3 Å². The van der Waals surface area contributed by atoms with Crippen LogP contribution in [0.2, 0.25) is 0 Å². The molecule has 1 aliphatic carbocycles. The largest absolute Gasteiger partial charge is 0.478 e. The van der Waals surface area contributed by atoms with Crippen molar-refractivity contribution in [1.29, 1.82) is 0 Å². The lowest BCUT2D eigenvalue weighted by Gasteiger charge is -2.16. The Bertz CT molecular complexity index is 1140. The molecule has 0 spiro atoms. The summed E-state index contributed by atoms with van der Waals surface area (Å²) in [6.45, 7) is 0. The van der Waals surface area contributed by atoms with Gasteiger partial charge >= 0.3 is 5.97 Å². The Morgan fingerprint density at radius 2 is 1.96 bits per heavy atom. The second kappa shape index (κ2) is 4.86. The first kappa shape index (κ1) is 14.1. The standard InChI is InChI=1S/C19H14N4O2/c24-17(25)13-9-21-18-22-10-16(23(18)11-13)19(5-6-19)14-3-4-15-12(8-14)2-1-7-20-15/h1-4,7-11H,5-6H2,(H,24,25). The predicted octanol–water partition coefficient (Wildman–Crippen LogP) is 3.06. The van der Waals surface area contributed by atoms with E-state index in [0.29, 0.717) is 5.78 Å². The summed E-state index contributed by atoms with van der Waals surface area (Å²) in [7, 11) is 0. The summed E-state index contributed by atoms with van der Waals surface area (Å²) < 4.78 is 1.81. The minimum absolute atomic E-state index is 0.137. The van der Waals surface area contributed by atoms with Crippen LogP contribution in [0.4, 0.5) is 0 Å². The highest BCUT2D eigenvalue weighted by Gasteiger charge is 2.48. The summed E-state index contributed by atoms with van der Waals surface area (Å²) in [6.07, 6.45) is 8.56. The number of benzene rings is 1. The van der Waals surface area contributed by atoms with Crippen molar-refractivity contribution >= 4 is 22.6 Å². The molecule has 6 nitrogen and oxygen atoms in total. The number of pyridine rings is 1. The zero-order valence-corrected chi connectivity index (χ0v) is 13.3. The van der Waals surface area contributed by atoms with Gasteiger partial charge in [-0.25, -0.2) is 14.8 Å². The monoisotopic (exact) mass is 330 g/mol. The van der Waals surface area contributed by atoms with E-state index in [0.717, 1.165) is 29.4 Å². The number of carbonyl (C=O) groups is 1. The third-order valence-electron chi connectivity index (χ3n) is 5.01. The quantitative estimate of drug-likeness (QED) is 0.624. The van der Waals surface area contributed by atoms with E-state index in [1.165, 1.54) is 11.8 Å². The van der Waals surface area contributed by atoms with Crippen LogP contribution < -0.4 is 0 Å². The van der Waals surface area contributed by atoms with Crippen LogP contribution in [-0.2, 0) is 5.41 Å². The number of aromatic nitrogens is 4. The van der Waals surface area contributed by atoms with Crippen LogP contribution in [0.25, 0.3) is 16.7 Å². The van der Waals surface area contributed by atoms with Crippen molar-refractivity contribution in [1.82, 2.24) is 19.4 Å². The molecule has 0 bridgehead atoms. The maximum Gasteiger partial charge on any atom is 0.338 e. The van der Waals surface area contributed by atoms with E-state index in [1.807, 2.05) is 22.7 Å². The van der Waals surface area contributed by atoms with Crippen molar-refractivity contribution in [3.05, 3.63) is 71.9 Å². The SMILES string of the molecule is O=C(O)c1cnc2ncc(C3(c4ccc5ncccc5c4)CC3)n2c1. The number of imidazole rings is 1. The molecule has 1 aliphatic rings. The number of hydrogen-bond donors (Lipinski definition) is 1. The molecule has 1 saturated carbocycles. The Morgan fingerprint density at radius 1 is 1.12 bits per heavy atom. The van der Waals surface area contributed by atoms with Gasteiger partial charge < -0.3 is 5.11 Å². The Balaban J connectivity index is 1.69. The molecule has 0 saturated heterocycles. The van der Waals surface area contributed by atoms with Gasteiger partial charge in [-0.3, -0.25) is 9.38 Å². The average molecular weight is 330 g/mol. The van der Waals surface area contributed by atoms with E-state index in [1.54, 1.807) is 12.4 Å². The Kier molecular flexibility index (Phi) is 2.74. The first-order valence-corrected chi connectivity index (χ1v) is 8.10. The Hall–Kier alpha value is -3.28. The highest BCUT2D eigenvalue weighted by molar-refractivity contribution is 5.87. The molecular formula is C19H14N4O2. The Labute approximate surface area is 142 Å². The van der Waals surface area contributed by atoms with Gasteiger partial charge in [-0.05, 0) is 36.6 Å². The lowest BCUT2D eigenvalue weighted by molar-refractivity contribution is 0.0696. The molecular weight excluding hydrogens is 316 g/mol. The van der Waals surface area contributed by atoms with E-state index in [-0.39, 0.29) is 11.0 Å². The number of carboxylic acid groups (broad SMARTS) is 1. The first-order chi connectivity index (χ1) is 12.2. The van der Waals surface area contributed by atoms with Crippen LogP contribution in [0.3, 0.4) is 0 Å². The summed E-state index contributed by atoms with van der Waals surface area (Å²) in [6, 6.07) is 10.3. The molecule has 25 heavy (non-hydrogen) atoms. The average Bonchev–Trinajstić information content (AvgIpc) is 3.33. The van der Waals surface area contributed by atoms with E-state index in [2.05, 4.69) is 33.2 Å². The van der Waals surface area contributed by atoms with Gasteiger partial charge in [0.25, 0.3) is 0 Å². The molecule has 3 heterocycles. The molecule has 0 radical (unpaired) electrons. The van der Waals surface area contributed by atoms with E-state index < -0.39 is 5.97 Å². The number of aromatic carboxylic acids is 1. The molecule has 1 aromatic carbocycles. The highest BCUT2D eigenvalue weighted by Crippen LogP contribution is 2.53. The van der Waals surface area contributed by atoms with Gasteiger partial charge in [0.15, 0.2) is 0 Å². The fraction of sp³-hybridized carbons (Fsp3) is 0.158. The molecule has 1 fully saturated rings. The van der Waals surface area contributed by atoms with Crippen molar-refractivity contribution in [2.24, 2.45) is 0 Å². The van der Waals surface area contributed by atoms with Crippen LogP contribution in [0.15, 0.2) is 55.1 Å². The van der Waals surface area contributed by atoms with Crippen molar-refractivity contribution in [2.75, 3.05) is 0 Å². The summed E-state index contributed by atoms with van der Waals surface area (Å²) in [5.74, 6) is -0.468. The zero-order valence-electron chi connectivity index (χ0n) is 13.3. The molecule has 6 heteroatoms. The number of hydrogen-bond acceptors (Lipinski definition) is 4. The van der Waals surface area contributed by atoms with Crippen molar-refractivity contribution in [3.63, 3.8) is 0 Å². The molecule has 4 aromatic rings. The molecule has 3 aromatic heterocycles. The molecule has 0 aliphatic heterocycles. The molecule has 122 valence electrons. The zero-order chi connectivity index (χ0) is 17.0. The number of nitrogens with zero attached hydrogens (tertiary/aromatic N) is 4. The topological polar surface area (TPSA) is 80.4 Å². The molecule has 0 amide bonds. The van der Waals surface area contributed by atoms with Gasteiger partial charge in [-0.2, -0.15) is 0 Å². The second-order valence-electron chi connectivity index (χ2n) is 6.45. The predicted molar refractivity (Wildman–Crippen MR) is 91.7 cm³/mol. The van der Waals surface area contributed by atoms with E-state index in [9.17, 15) is 9.90 Å². The van der Waals surface area contributed by atoms with Gasteiger partial charge in [0.2, 0.25) is 5.78 Å². The minimum Gasteiger partial charge on any atom is -0.478 e.